The van der Waals surface area contributed by atoms with Crippen LogP contribution in [0.15, 0.2) is 40.1 Å². The first kappa shape index (κ1) is 11.3. The minimum Gasteiger partial charge on any atom is -0.491 e. The van der Waals surface area contributed by atoms with E-state index in [4.69, 9.17) is 10.00 Å². The van der Waals surface area contributed by atoms with E-state index in [1.807, 2.05) is 24.3 Å². The summed E-state index contributed by atoms with van der Waals surface area (Å²) in [6.07, 6.45) is 1.28. The van der Waals surface area contributed by atoms with Gasteiger partial charge in [0.25, 0.3) is 5.56 Å². The third-order valence-electron chi connectivity index (χ3n) is 3.10. The van der Waals surface area contributed by atoms with Crippen LogP contribution in [0.5, 0.6) is 5.75 Å². The fraction of sp³-hybridized carbons (Fsp3) is 0.154. The number of H-pyrrole nitrogens is 1. The molecule has 0 fully saturated rings. The minimum absolute atomic E-state index is 0.0935. The molecule has 0 radical (unpaired) electrons. The highest BCUT2D eigenvalue weighted by atomic mass is 16.5. The highest BCUT2D eigenvalue weighted by Crippen LogP contribution is 2.33. The van der Waals surface area contributed by atoms with Crippen LogP contribution in [0.3, 0.4) is 0 Å². The van der Waals surface area contributed by atoms with Gasteiger partial charge in [0, 0.05) is 11.8 Å². The van der Waals surface area contributed by atoms with Gasteiger partial charge in [-0.25, -0.2) is 4.79 Å². The summed E-state index contributed by atoms with van der Waals surface area (Å²) in [5.41, 5.74) is -0.449. The van der Waals surface area contributed by atoms with Gasteiger partial charge in [0.15, 0.2) is 0 Å². The molecule has 0 saturated carbocycles. The van der Waals surface area contributed by atoms with Gasteiger partial charge in [-0.2, -0.15) is 5.26 Å². The van der Waals surface area contributed by atoms with Gasteiger partial charge in [0.05, 0.1) is 0 Å². The number of nitriles is 1. The second-order valence-electron chi connectivity index (χ2n) is 4.19. The Balaban J connectivity index is 2.18. The van der Waals surface area contributed by atoms with Crippen LogP contribution in [0.1, 0.15) is 17.2 Å². The Kier molecular flexibility index (Phi) is 2.46. The largest absolute Gasteiger partial charge is 0.491 e. The average molecular weight is 255 g/mol. The van der Waals surface area contributed by atoms with Gasteiger partial charge >= 0.3 is 5.69 Å². The van der Waals surface area contributed by atoms with Crippen molar-refractivity contribution < 1.29 is 4.74 Å². The normalized spacial score (nSPS) is 16.5. The number of nitrogens with zero attached hydrogens (tertiary/aromatic N) is 2. The van der Waals surface area contributed by atoms with Crippen molar-refractivity contribution in [2.24, 2.45) is 0 Å². The zero-order valence-corrected chi connectivity index (χ0v) is 9.79. The molecule has 1 aliphatic heterocycles. The van der Waals surface area contributed by atoms with Gasteiger partial charge in [0.1, 0.15) is 30.0 Å². The highest BCUT2D eigenvalue weighted by molar-refractivity contribution is 5.40. The lowest BCUT2D eigenvalue weighted by Crippen LogP contribution is -2.34. The highest BCUT2D eigenvalue weighted by Gasteiger charge is 2.26. The number of para-hydroxylation sites is 1. The Hall–Kier alpha value is -2.81. The van der Waals surface area contributed by atoms with Crippen LogP contribution >= 0.6 is 0 Å². The van der Waals surface area contributed by atoms with Crippen molar-refractivity contribution in [3.05, 3.63) is 62.4 Å². The number of aromatic amines is 1. The molecule has 3 rings (SSSR count). The van der Waals surface area contributed by atoms with E-state index >= 15 is 0 Å². The van der Waals surface area contributed by atoms with E-state index in [9.17, 15) is 9.59 Å². The second-order valence-corrected chi connectivity index (χ2v) is 4.19. The van der Waals surface area contributed by atoms with Crippen molar-refractivity contribution in [3.8, 4) is 11.8 Å². The molecule has 6 nitrogen and oxygen atoms in total. The maximum Gasteiger partial charge on any atom is 0.329 e. The Morgan fingerprint density at radius 1 is 1.37 bits per heavy atom. The second kappa shape index (κ2) is 4.14. The predicted molar refractivity (Wildman–Crippen MR) is 66.1 cm³/mol. The fourth-order valence-electron chi connectivity index (χ4n) is 2.17. The van der Waals surface area contributed by atoms with E-state index in [2.05, 4.69) is 4.98 Å². The SMILES string of the molecule is N#Cc1cn(C2COc3ccccc32)c(=O)[nH]c1=O. The molecular weight excluding hydrogens is 246 g/mol. The summed E-state index contributed by atoms with van der Waals surface area (Å²) in [5, 5.41) is 8.86. The maximum atomic E-state index is 11.8. The van der Waals surface area contributed by atoms with Crippen molar-refractivity contribution >= 4 is 0 Å². The maximum absolute atomic E-state index is 11.8. The van der Waals surface area contributed by atoms with E-state index < -0.39 is 11.2 Å². The van der Waals surface area contributed by atoms with Gasteiger partial charge in [-0.15, -0.1) is 0 Å². The van der Waals surface area contributed by atoms with Crippen LogP contribution in [0.2, 0.25) is 0 Å². The van der Waals surface area contributed by atoms with Crippen molar-refractivity contribution in [2.75, 3.05) is 6.61 Å². The molecule has 2 heterocycles. The number of hydrogen-bond acceptors (Lipinski definition) is 4. The molecule has 1 atom stereocenters. The molecule has 0 aliphatic carbocycles. The summed E-state index contributed by atoms with van der Waals surface area (Å²) < 4.78 is 6.81. The van der Waals surface area contributed by atoms with E-state index in [-0.39, 0.29) is 11.6 Å². The van der Waals surface area contributed by atoms with Crippen molar-refractivity contribution in [1.29, 1.82) is 5.26 Å². The molecule has 6 heteroatoms. The standard InChI is InChI=1S/C13H9N3O3/c14-5-8-6-16(13(18)15-12(8)17)10-7-19-11-4-2-1-3-9(10)11/h1-4,6,10H,7H2,(H,15,17,18). The summed E-state index contributed by atoms with van der Waals surface area (Å²) in [4.78, 5) is 25.3. The summed E-state index contributed by atoms with van der Waals surface area (Å²) in [6.45, 7) is 0.302. The van der Waals surface area contributed by atoms with E-state index in [0.29, 0.717) is 12.4 Å². The van der Waals surface area contributed by atoms with Crippen LogP contribution in [-0.2, 0) is 0 Å². The fourth-order valence-corrected chi connectivity index (χ4v) is 2.17. The zero-order chi connectivity index (χ0) is 13.4. The first-order valence-corrected chi connectivity index (χ1v) is 5.68. The third-order valence-corrected chi connectivity index (χ3v) is 3.10. The van der Waals surface area contributed by atoms with Crippen LogP contribution in [0.4, 0.5) is 0 Å². The van der Waals surface area contributed by atoms with Crippen molar-refractivity contribution in [3.63, 3.8) is 0 Å². The Labute approximate surface area is 107 Å². The molecule has 19 heavy (non-hydrogen) atoms. The predicted octanol–water partition coefficient (Wildman–Crippen LogP) is 0.390. The molecule has 2 aromatic rings. The Morgan fingerprint density at radius 2 is 2.16 bits per heavy atom. The average Bonchev–Trinajstić information content (AvgIpc) is 2.83. The summed E-state index contributed by atoms with van der Waals surface area (Å²) >= 11 is 0. The quantitative estimate of drug-likeness (QED) is 0.798. The Bertz CT molecular complexity index is 798. The Morgan fingerprint density at radius 3 is 2.95 bits per heavy atom. The third kappa shape index (κ3) is 1.72. The molecule has 1 N–H and O–H groups in total. The lowest BCUT2D eigenvalue weighted by molar-refractivity contribution is 0.312. The molecule has 1 aromatic heterocycles. The lowest BCUT2D eigenvalue weighted by atomic mass is 10.1. The van der Waals surface area contributed by atoms with E-state index in [1.165, 1.54) is 10.8 Å². The smallest absolute Gasteiger partial charge is 0.329 e. The monoisotopic (exact) mass is 255 g/mol. The lowest BCUT2D eigenvalue weighted by Gasteiger charge is -2.12. The number of rotatable bonds is 1. The van der Waals surface area contributed by atoms with Crippen LogP contribution in [0.25, 0.3) is 0 Å². The molecule has 0 bridgehead atoms. The van der Waals surface area contributed by atoms with Gasteiger partial charge < -0.3 is 4.74 Å². The van der Waals surface area contributed by atoms with E-state index in [1.54, 1.807) is 6.07 Å². The zero-order valence-electron chi connectivity index (χ0n) is 9.79. The van der Waals surface area contributed by atoms with Crippen LogP contribution < -0.4 is 16.0 Å². The van der Waals surface area contributed by atoms with Gasteiger partial charge in [-0.1, -0.05) is 18.2 Å². The molecule has 0 amide bonds. The van der Waals surface area contributed by atoms with Gasteiger partial charge in [-0.3, -0.25) is 14.3 Å². The topological polar surface area (TPSA) is 87.9 Å². The van der Waals surface area contributed by atoms with Crippen LogP contribution in [-0.4, -0.2) is 16.2 Å². The summed E-state index contributed by atoms with van der Waals surface area (Å²) in [7, 11) is 0. The molecule has 0 saturated heterocycles. The molecule has 1 aromatic carbocycles. The summed E-state index contributed by atoms with van der Waals surface area (Å²) in [6, 6.07) is 8.81. The number of aromatic nitrogens is 2. The molecular formula is C13H9N3O3. The van der Waals surface area contributed by atoms with Crippen LogP contribution in [0, 0.1) is 11.3 Å². The van der Waals surface area contributed by atoms with Gasteiger partial charge in [-0.05, 0) is 6.07 Å². The number of fused-ring (bicyclic) bond motifs is 1. The number of benzene rings is 1. The first-order chi connectivity index (χ1) is 9.20. The number of ether oxygens (including phenoxy) is 1. The van der Waals surface area contributed by atoms with Crippen molar-refractivity contribution in [2.45, 2.75) is 6.04 Å². The molecule has 0 spiro atoms. The first-order valence-electron chi connectivity index (χ1n) is 5.68. The van der Waals surface area contributed by atoms with Gasteiger partial charge in [0.2, 0.25) is 0 Å². The van der Waals surface area contributed by atoms with E-state index in [0.717, 1.165) is 5.56 Å². The molecule has 1 aliphatic rings. The minimum atomic E-state index is -0.670. The van der Waals surface area contributed by atoms with Crippen molar-refractivity contribution in [1.82, 2.24) is 9.55 Å². The number of nitrogens with one attached hydrogen (secondary N) is 1. The summed E-state index contributed by atoms with van der Waals surface area (Å²) in [5.74, 6) is 0.712. The molecule has 94 valence electrons. The number of hydrogen-bond donors (Lipinski definition) is 1. The molecule has 1 unspecified atom stereocenters.